The smallest absolute Gasteiger partial charge is 0.0837 e. The fourth-order valence-corrected chi connectivity index (χ4v) is 2.46. The molecule has 0 fully saturated rings. The molecule has 2 aromatic rings. The van der Waals surface area contributed by atoms with E-state index in [-0.39, 0.29) is 6.04 Å². The molecule has 0 bridgehead atoms. The Bertz CT molecular complexity index is 515. The van der Waals surface area contributed by atoms with Crippen LogP contribution in [0.3, 0.4) is 0 Å². The van der Waals surface area contributed by atoms with Crippen molar-refractivity contribution in [2.45, 2.75) is 19.4 Å². The van der Waals surface area contributed by atoms with Crippen molar-refractivity contribution in [2.24, 2.45) is 7.05 Å². The zero-order chi connectivity index (χ0) is 13.8. The average Bonchev–Trinajstić information content (AvgIpc) is 2.73. The number of aromatic nitrogens is 2. The van der Waals surface area contributed by atoms with Crippen LogP contribution in [0.5, 0.6) is 0 Å². The maximum atomic E-state index is 6.25. The summed E-state index contributed by atoms with van der Waals surface area (Å²) < 4.78 is 1.81. The van der Waals surface area contributed by atoms with Crippen molar-refractivity contribution in [1.82, 2.24) is 15.1 Å². The fraction of sp³-hybridized carbons (Fsp3) is 0.357. The standard InChI is InChI=1S/C14H17Cl2N3/c1-3-8-17-13(10-4-6-11(15)7-5-10)14-12(16)9-18-19(14)2/h4-7,9,13,17H,3,8H2,1-2H3. The van der Waals surface area contributed by atoms with Crippen LogP contribution < -0.4 is 5.32 Å². The number of nitrogens with one attached hydrogen (secondary N) is 1. The topological polar surface area (TPSA) is 29.9 Å². The first-order valence-corrected chi connectivity index (χ1v) is 7.05. The molecular formula is C14H17Cl2N3. The highest BCUT2D eigenvalue weighted by molar-refractivity contribution is 6.31. The predicted octanol–water partition coefficient (Wildman–Crippen LogP) is 3.82. The summed E-state index contributed by atoms with van der Waals surface area (Å²) in [4.78, 5) is 0. The lowest BCUT2D eigenvalue weighted by Gasteiger charge is -2.20. The van der Waals surface area contributed by atoms with Crippen LogP contribution in [-0.4, -0.2) is 16.3 Å². The Balaban J connectivity index is 2.38. The Hall–Kier alpha value is -1.03. The molecule has 19 heavy (non-hydrogen) atoms. The van der Waals surface area contributed by atoms with Crippen molar-refractivity contribution >= 4 is 23.2 Å². The van der Waals surface area contributed by atoms with Gasteiger partial charge in [0.05, 0.1) is 23.0 Å². The second kappa shape index (κ2) is 6.42. The summed E-state index contributed by atoms with van der Waals surface area (Å²) in [5.41, 5.74) is 2.10. The molecule has 0 aliphatic heterocycles. The molecule has 1 aromatic heterocycles. The fourth-order valence-electron chi connectivity index (χ4n) is 2.06. The molecule has 0 spiro atoms. The van der Waals surface area contributed by atoms with Gasteiger partial charge in [0.1, 0.15) is 0 Å². The first-order chi connectivity index (χ1) is 9.13. The minimum absolute atomic E-state index is 0.0252. The van der Waals surface area contributed by atoms with Crippen LogP contribution in [0.2, 0.25) is 10.0 Å². The summed E-state index contributed by atoms with van der Waals surface area (Å²) in [5.74, 6) is 0. The molecule has 0 aliphatic rings. The predicted molar refractivity (Wildman–Crippen MR) is 79.8 cm³/mol. The Morgan fingerprint density at radius 2 is 1.95 bits per heavy atom. The summed E-state index contributed by atoms with van der Waals surface area (Å²) in [6, 6.07) is 7.83. The molecule has 3 nitrogen and oxygen atoms in total. The molecule has 102 valence electrons. The van der Waals surface area contributed by atoms with Gasteiger partial charge in [0.15, 0.2) is 0 Å². The van der Waals surface area contributed by atoms with Crippen LogP contribution in [0, 0.1) is 0 Å². The third-order valence-corrected chi connectivity index (χ3v) is 3.56. The van der Waals surface area contributed by atoms with Crippen molar-refractivity contribution in [3.63, 3.8) is 0 Å². The maximum absolute atomic E-state index is 6.25. The third kappa shape index (κ3) is 3.30. The van der Waals surface area contributed by atoms with Gasteiger partial charge in [-0.05, 0) is 30.7 Å². The van der Waals surface area contributed by atoms with E-state index >= 15 is 0 Å². The monoisotopic (exact) mass is 297 g/mol. The highest BCUT2D eigenvalue weighted by atomic mass is 35.5. The van der Waals surface area contributed by atoms with Crippen molar-refractivity contribution in [2.75, 3.05) is 6.54 Å². The normalized spacial score (nSPS) is 12.6. The Labute approximate surface area is 123 Å². The van der Waals surface area contributed by atoms with Gasteiger partial charge in [0.25, 0.3) is 0 Å². The molecule has 1 N–H and O–H groups in total. The number of nitrogens with zero attached hydrogens (tertiary/aromatic N) is 2. The van der Waals surface area contributed by atoms with Gasteiger partial charge in [0.2, 0.25) is 0 Å². The first-order valence-electron chi connectivity index (χ1n) is 6.29. The Kier molecular flexibility index (Phi) is 4.86. The molecule has 0 saturated carbocycles. The van der Waals surface area contributed by atoms with Gasteiger partial charge in [-0.15, -0.1) is 0 Å². The minimum atomic E-state index is 0.0252. The quantitative estimate of drug-likeness (QED) is 0.909. The van der Waals surface area contributed by atoms with E-state index in [1.807, 2.05) is 36.0 Å². The second-order valence-corrected chi connectivity index (χ2v) is 5.28. The van der Waals surface area contributed by atoms with E-state index < -0.39 is 0 Å². The highest BCUT2D eigenvalue weighted by Gasteiger charge is 2.20. The lowest BCUT2D eigenvalue weighted by Crippen LogP contribution is -2.25. The van der Waals surface area contributed by atoms with E-state index in [9.17, 15) is 0 Å². The lowest BCUT2D eigenvalue weighted by molar-refractivity contribution is 0.554. The molecule has 1 unspecified atom stereocenters. The van der Waals surface area contributed by atoms with Gasteiger partial charge in [-0.3, -0.25) is 4.68 Å². The van der Waals surface area contributed by atoms with Crippen LogP contribution in [0.25, 0.3) is 0 Å². The van der Waals surface area contributed by atoms with Gasteiger partial charge < -0.3 is 5.32 Å². The molecule has 1 aromatic carbocycles. The molecule has 0 aliphatic carbocycles. The van der Waals surface area contributed by atoms with Crippen LogP contribution in [0.15, 0.2) is 30.5 Å². The van der Waals surface area contributed by atoms with Gasteiger partial charge in [-0.1, -0.05) is 42.3 Å². The third-order valence-electron chi connectivity index (χ3n) is 3.01. The zero-order valence-electron chi connectivity index (χ0n) is 11.0. The summed E-state index contributed by atoms with van der Waals surface area (Å²) in [6.07, 6.45) is 2.73. The van der Waals surface area contributed by atoms with Crippen LogP contribution in [0.1, 0.15) is 30.6 Å². The van der Waals surface area contributed by atoms with Crippen molar-refractivity contribution < 1.29 is 0 Å². The van der Waals surface area contributed by atoms with E-state index in [2.05, 4.69) is 17.3 Å². The maximum Gasteiger partial charge on any atom is 0.0837 e. The largest absolute Gasteiger partial charge is 0.305 e. The molecule has 1 atom stereocenters. The Morgan fingerprint density at radius 3 is 2.47 bits per heavy atom. The Morgan fingerprint density at radius 1 is 1.26 bits per heavy atom. The van der Waals surface area contributed by atoms with Crippen LogP contribution in [-0.2, 0) is 7.05 Å². The number of aryl methyl sites for hydroxylation is 1. The summed E-state index contributed by atoms with van der Waals surface area (Å²) in [7, 11) is 1.90. The van der Waals surface area contributed by atoms with Crippen LogP contribution in [0.4, 0.5) is 0 Å². The summed E-state index contributed by atoms with van der Waals surface area (Å²) in [6.45, 7) is 3.05. The number of rotatable bonds is 5. The second-order valence-electron chi connectivity index (χ2n) is 4.44. The summed E-state index contributed by atoms with van der Waals surface area (Å²) >= 11 is 12.2. The van der Waals surface area contributed by atoms with Crippen molar-refractivity contribution in [1.29, 1.82) is 0 Å². The lowest BCUT2D eigenvalue weighted by atomic mass is 10.0. The number of hydrogen-bond acceptors (Lipinski definition) is 2. The van der Waals surface area contributed by atoms with E-state index in [1.54, 1.807) is 6.20 Å². The van der Waals surface area contributed by atoms with Crippen molar-refractivity contribution in [3.05, 3.63) is 51.8 Å². The molecule has 0 radical (unpaired) electrons. The average molecular weight is 298 g/mol. The molecular weight excluding hydrogens is 281 g/mol. The van der Waals surface area contributed by atoms with Crippen molar-refractivity contribution in [3.8, 4) is 0 Å². The number of halogens is 2. The van der Waals surface area contributed by atoms with E-state index in [1.165, 1.54) is 0 Å². The molecule has 1 heterocycles. The molecule has 0 amide bonds. The number of hydrogen-bond donors (Lipinski definition) is 1. The van der Waals surface area contributed by atoms with Crippen LogP contribution >= 0.6 is 23.2 Å². The zero-order valence-corrected chi connectivity index (χ0v) is 12.5. The van der Waals surface area contributed by atoms with E-state index in [4.69, 9.17) is 23.2 Å². The van der Waals surface area contributed by atoms with E-state index in [0.29, 0.717) is 5.02 Å². The molecule has 2 rings (SSSR count). The minimum Gasteiger partial charge on any atom is -0.305 e. The van der Waals surface area contributed by atoms with E-state index in [0.717, 1.165) is 29.2 Å². The number of benzene rings is 1. The van der Waals surface area contributed by atoms with Gasteiger partial charge in [-0.25, -0.2) is 0 Å². The molecule has 5 heteroatoms. The SMILES string of the molecule is CCCNC(c1ccc(Cl)cc1)c1c(Cl)cnn1C. The summed E-state index contributed by atoms with van der Waals surface area (Å²) in [5, 5.41) is 9.11. The molecule has 0 saturated heterocycles. The van der Waals surface area contributed by atoms with Gasteiger partial charge in [0, 0.05) is 12.1 Å². The van der Waals surface area contributed by atoms with Gasteiger partial charge >= 0.3 is 0 Å². The van der Waals surface area contributed by atoms with Gasteiger partial charge in [-0.2, -0.15) is 5.10 Å². The first kappa shape index (κ1) is 14.4. The highest BCUT2D eigenvalue weighted by Crippen LogP contribution is 2.28.